The SMILES string of the molecule is C=C(Cl)CN1CCC(=O)NC(CCC)C1=O. The lowest BCUT2D eigenvalue weighted by Crippen LogP contribution is -2.44. The minimum Gasteiger partial charge on any atom is -0.344 e. The predicted octanol–water partition coefficient (Wildman–Crippen LogP) is 1.26. The maximum absolute atomic E-state index is 12.0. The van der Waals surface area contributed by atoms with Gasteiger partial charge in [-0.15, -0.1) is 0 Å². The summed E-state index contributed by atoms with van der Waals surface area (Å²) in [6.45, 7) is 6.28. The van der Waals surface area contributed by atoms with Crippen LogP contribution in [0.15, 0.2) is 11.6 Å². The highest BCUT2D eigenvalue weighted by Gasteiger charge is 2.28. The van der Waals surface area contributed by atoms with Gasteiger partial charge in [-0.25, -0.2) is 0 Å². The fraction of sp³-hybridized carbons (Fsp3) is 0.636. The number of hydrogen-bond acceptors (Lipinski definition) is 2. The zero-order valence-corrected chi connectivity index (χ0v) is 10.2. The Morgan fingerprint density at radius 2 is 2.31 bits per heavy atom. The highest BCUT2D eigenvalue weighted by Crippen LogP contribution is 2.11. The Bertz CT molecular complexity index is 304. The first-order chi connectivity index (χ1) is 7.54. The first-order valence-electron chi connectivity index (χ1n) is 5.46. The van der Waals surface area contributed by atoms with Gasteiger partial charge in [-0.2, -0.15) is 0 Å². The summed E-state index contributed by atoms with van der Waals surface area (Å²) >= 11 is 5.70. The normalized spacial score (nSPS) is 21.6. The molecule has 1 fully saturated rings. The van der Waals surface area contributed by atoms with Crippen molar-refractivity contribution in [3.63, 3.8) is 0 Å². The minimum absolute atomic E-state index is 0.0606. The van der Waals surface area contributed by atoms with Crippen molar-refractivity contribution >= 4 is 23.4 Å². The Hall–Kier alpha value is -1.03. The van der Waals surface area contributed by atoms with E-state index in [0.29, 0.717) is 31.0 Å². The van der Waals surface area contributed by atoms with Gasteiger partial charge in [-0.05, 0) is 6.42 Å². The van der Waals surface area contributed by atoms with Crippen molar-refractivity contribution < 1.29 is 9.59 Å². The van der Waals surface area contributed by atoms with Crippen LogP contribution in [-0.4, -0.2) is 35.8 Å². The standard InChI is InChI=1S/C11H17ClN2O2/c1-3-4-9-11(16)14(7-8(2)12)6-5-10(15)13-9/h9H,2-7H2,1H3,(H,13,15). The van der Waals surface area contributed by atoms with E-state index in [0.717, 1.165) is 6.42 Å². The first-order valence-corrected chi connectivity index (χ1v) is 5.83. The summed E-state index contributed by atoms with van der Waals surface area (Å²) < 4.78 is 0. The molecule has 4 nitrogen and oxygen atoms in total. The van der Waals surface area contributed by atoms with E-state index < -0.39 is 6.04 Å². The fourth-order valence-electron chi connectivity index (χ4n) is 1.74. The molecule has 0 aromatic rings. The zero-order valence-electron chi connectivity index (χ0n) is 9.46. The summed E-state index contributed by atoms with van der Waals surface area (Å²) in [4.78, 5) is 25.0. The molecule has 0 spiro atoms. The van der Waals surface area contributed by atoms with Crippen LogP contribution in [0.4, 0.5) is 0 Å². The second-order valence-electron chi connectivity index (χ2n) is 3.94. The number of amides is 2. The van der Waals surface area contributed by atoms with Crippen molar-refractivity contribution in [3.8, 4) is 0 Å². The van der Waals surface area contributed by atoms with Crippen molar-refractivity contribution in [3.05, 3.63) is 11.6 Å². The first kappa shape index (κ1) is 13.0. The van der Waals surface area contributed by atoms with Crippen LogP contribution < -0.4 is 5.32 Å². The molecule has 0 radical (unpaired) electrons. The lowest BCUT2D eigenvalue weighted by molar-refractivity contribution is -0.133. The fourth-order valence-corrected chi connectivity index (χ4v) is 1.89. The van der Waals surface area contributed by atoms with Crippen LogP contribution in [0.1, 0.15) is 26.2 Å². The van der Waals surface area contributed by atoms with Crippen LogP contribution in [0.2, 0.25) is 0 Å². The smallest absolute Gasteiger partial charge is 0.245 e. The van der Waals surface area contributed by atoms with E-state index in [4.69, 9.17) is 11.6 Å². The quantitative estimate of drug-likeness (QED) is 0.809. The van der Waals surface area contributed by atoms with Gasteiger partial charge < -0.3 is 10.2 Å². The average Bonchev–Trinajstić information content (AvgIpc) is 2.32. The molecule has 0 bridgehead atoms. The summed E-state index contributed by atoms with van der Waals surface area (Å²) in [5.41, 5.74) is 0. The highest BCUT2D eigenvalue weighted by molar-refractivity contribution is 6.29. The largest absolute Gasteiger partial charge is 0.344 e. The topological polar surface area (TPSA) is 49.4 Å². The Morgan fingerprint density at radius 3 is 2.88 bits per heavy atom. The van der Waals surface area contributed by atoms with Crippen LogP contribution in [0.3, 0.4) is 0 Å². The molecule has 0 aromatic heterocycles. The van der Waals surface area contributed by atoms with Crippen LogP contribution in [0.25, 0.3) is 0 Å². The minimum atomic E-state index is -0.406. The van der Waals surface area contributed by atoms with Crippen molar-refractivity contribution in [2.24, 2.45) is 0 Å². The average molecular weight is 245 g/mol. The van der Waals surface area contributed by atoms with E-state index in [1.165, 1.54) is 0 Å². The molecule has 5 heteroatoms. The third-order valence-corrected chi connectivity index (χ3v) is 2.61. The summed E-state index contributed by atoms with van der Waals surface area (Å²) in [6, 6.07) is -0.406. The third kappa shape index (κ3) is 3.52. The lowest BCUT2D eigenvalue weighted by Gasteiger charge is -2.23. The molecule has 2 amide bonds. The van der Waals surface area contributed by atoms with Crippen LogP contribution in [0, 0.1) is 0 Å². The van der Waals surface area contributed by atoms with E-state index in [1.807, 2.05) is 6.92 Å². The van der Waals surface area contributed by atoms with Crippen LogP contribution in [-0.2, 0) is 9.59 Å². The van der Waals surface area contributed by atoms with Gasteiger partial charge in [0.25, 0.3) is 0 Å². The molecule has 1 aliphatic heterocycles. The Morgan fingerprint density at radius 1 is 1.62 bits per heavy atom. The summed E-state index contributed by atoms with van der Waals surface area (Å²) in [7, 11) is 0. The number of rotatable bonds is 4. The van der Waals surface area contributed by atoms with E-state index in [9.17, 15) is 9.59 Å². The lowest BCUT2D eigenvalue weighted by atomic mass is 10.1. The molecule has 0 aromatic carbocycles. The van der Waals surface area contributed by atoms with E-state index in [1.54, 1.807) is 4.90 Å². The number of nitrogens with one attached hydrogen (secondary N) is 1. The number of carbonyl (C=O) groups is 2. The molecule has 1 atom stereocenters. The van der Waals surface area contributed by atoms with Gasteiger partial charge in [-0.3, -0.25) is 9.59 Å². The van der Waals surface area contributed by atoms with Crippen molar-refractivity contribution in [2.75, 3.05) is 13.1 Å². The summed E-state index contributed by atoms with van der Waals surface area (Å²) in [6.07, 6.45) is 1.85. The van der Waals surface area contributed by atoms with E-state index in [-0.39, 0.29) is 11.8 Å². The van der Waals surface area contributed by atoms with Crippen molar-refractivity contribution in [2.45, 2.75) is 32.2 Å². The maximum Gasteiger partial charge on any atom is 0.245 e. The van der Waals surface area contributed by atoms with Gasteiger partial charge in [0.05, 0.1) is 6.54 Å². The molecular formula is C11H17ClN2O2. The molecule has 0 aliphatic carbocycles. The monoisotopic (exact) mass is 244 g/mol. The maximum atomic E-state index is 12.0. The Balaban J connectivity index is 2.74. The predicted molar refractivity (Wildman–Crippen MR) is 63.0 cm³/mol. The molecule has 1 N–H and O–H groups in total. The van der Waals surface area contributed by atoms with E-state index >= 15 is 0 Å². The molecule has 1 unspecified atom stereocenters. The molecular weight excluding hydrogens is 228 g/mol. The molecule has 1 saturated heterocycles. The van der Waals surface area contributed by atoms with Gasteiger partial charge in [0, 0.05) is 18.0 Å². The third-order valence-electron chi connectivity index (χ3n) is 2.49. The Kier molecular flexibility index (Phi) is 4.80. The second kappa shape index (κ2) is 5.89. The number of hydrogen-bond donors (Lipinski definition) is 1. The van der Waals surface area contributed by atoms with Crippen molar-refractivity contribution in [1.29, 1.82) is 0 Å². The van der Waals surface area contributed by atoms with Crippen LogP contribution >= 0.6 is 11.6 Å². The van der Waals surface area contributed by atoms with Gasteiger partial charge in [-0.1, -0.05) is 31.5 Å². The van der Waals surface area contributed by atoms with Crippen molar-refractivity contribution in [1.82, 2.24) is 10.2 Å². The highest BCUT2D eigenvalue weighted by atomic mass is 35.5. The van der Waals surface area contributed by atoms with Crippen LogP contribution in [0.5, 0.6) is 0 Å². The molecule has 0 saturated carbocycles. The summed E-state index contributed by atoms with van der Waals surface area (Å²) in [5, 5.41) is 3.14. The molecule has 1 heterocycles. The second-order valence-corrected chi connectivity index (χ2v) is 4.47. The molecule has 16 heavy (non-hydrogen) atoms. The molecule has 90 valence electrons. The van der Waals surface area contributed by atoms with Gasteiger partial charge in [0.15, 0.2) is 0 Å². The van der Waals surface area contributed by atoms with Gasteiger partial charge in [0.2, 0.25) is 11.8 Å². The molecule has 1 aliphatic rings. The van der Waals surface area contributed by atoms with Gasteiger partial charge in [0.1, 0.15) is 6.04 Å². The van der Waals surface area contributed by atoms with E-state index in [2.05, 4.69) is 11.9 Å². The zero-order chi connectivity index (χ0) is 12.1. The summed E-state index contributed by atoms with van der Waals surface area (Å²) in [5.74, 6) is -0.135. The number of halogens is 1. The van der Waals surface area contributed by atoms with Gasteiger partial charge >= 0.3 is 0 Å². The number of carbonyl (C=O) groups excluding carboxylic acids is 2. The molecule has 1 rings (SSSR count). The Labute approximate surface area is 101 Å². The number of nitrogens with zero attached hydrogens (tertiary/aromatic N) is 1.